The molecule has 0 aromatic rings. The van der Waals surface area contributed by atoms with Crippen LogP contribution in [-0.2, 0) is 4.79 Å². The summed E-state index contributed by atoms with van der Waals surface area (Å²) in [5.74, 6) is 0.979. The molecule has 4 nitrogen and oxygen atoms in total. The molecule has 4 heteroatoms. The molecule has 0 spiro atoms. The quantitative estimate of drug-likeness (QED) is 0.671. The predicted molar refractivity (Wildman–Crippen MR) is 84.6 cm³/mol. The van der Waals surface area contributed by atoms with E-state index >= 15 is 0 Å². The van der Waals surface area contributed by atoms with Crippen LogP contribution in [0.15, 0.2) is 0 Å². The maximum absolute atomic E-state index is 12.0. The van der Waals surface area contributed by atoms with Crippen LogP contribution in [0.25, 0.3) is 0 Å². The van der Waals surface area contributed by atoms with Gasteiger partial charge in [0.2, 0.25) is 5.91 Å². The van der Waals surface area contributed by atoms with Gasteiger partial charge in [-0.15, -0.1) is 0 Å². The van der Waals surface area contributed by atoms with E-state index in [-0.39, 0.29) is 11.4 Å². The summed E-state index contributed by atoms with van der Waals surface area (Å²) < 4.78 is 0. The van der Waals surface area contributed by atoms with Gasteiger partial charge in [0.15, 0.2) is 0 Å². The molecule has 20 heavy (non-hydrogen) atoms. The molecule has 1 fully saturated rings. The number of hydrogen-bond donors (Lipinski definition) is 2. The first-order chi connectivity index (χ1) is 9.57. The average molecular weight is 283 g/mol. The topological polar surface area (TPSA) is 58.4 Å². The van der Waals surface area contributed by atoms with E-state index in [1.54, 1.807) is 0 Å². The monoisotopic (exact) mass is 283 g/mol. The third kappa shape index (κ3) is 4.74. The Bertz CT molecular complexity index is 285. The first kappa shape index (κ1) is 17.4. The zero-order valence-electron chi connectivity index (χ0n) is 13.6. The maximum Gasteiger partial charge on any atom is 0.234 e. The highest BCUT2D eigenvalue weighted by atomic mass is 16.2. The second-order valence-electron chi connectivity index (χ2n) is 6.34. The zero-order chi connectivity index (χ0) is 15.0. The van der Waals surface area contributed by atoms with Crippen LogP contribution in [0.2, 0.25) is 0 Å². The summed E-state index contributed by atoms with van der Waals surface area (Å²) in [5, 5.41) is 2.99. The summed E-state index contributed by atoms with van der Waals surface area (Å²) >= 11 is 0. The lowest BCUT2D eigenvalue weighted by molar-refractivity contribution is -0.123. The van der Waals surface area contributed by atoms with Crippen molar-refractivity contribution in [2.75, 3.05) is 26.7 Å². The SMILES string of the molecule is CCCCNC(=O)CN(C)C1(CN)CCC(CC)CC1. The van der Waals surface area contributed by atoms with Gasteiger partial charge >= 0.3 is 0 Å². The molecule has 0 radical (unpaired) electrons. The molecule has 0 bridgehead atoms. The van der Waals surface area contributed by atoms with Crippen molar-refractivity contribution in [2.45, 2.75) is 64.3 Å². The van der Waals surface area contributed by atoms with E-state index in [0.29, 0.717) is 13.1 Å². The molecule has 118 valence electrons. The number of carbonyl (C=O) groups is 1. The van der Waals surface area contributed by atoms with E-state index in [2.05, 4.69) is 31.1 Å². The van der Waals surface area contributed by atoms with Crippen molar-refractivity contribution in [3.05, 3.63) is 0 Å². The molecule has 0 aromatic carbocycles. The summed E-state index contributed by atoms with van der Waals surface area (Å²) in [6, 6.07) is 0. The minimum absolute atomic E-state index is 0.0355. The Morgan fingerprint density at radius 3 is 2.50 bits per heavy atom. The Balaban J connectivity index is 2.46. The van der Waals surface area contributed by atoms with Crippen LogP contribution in [0.4, 0.5) is 0 Å². The second-order valence-corrected chi connectivity index (χ2v) is 6.34. The number of nitrogens with one attached hydrogen (secondary N) is 1. The average Bonchev–Trinajstić information content (AvgIpc) is 2.47. The second kappa shape index (κ2) is 8.63. The van der Waals surface area contributed by atoms with Crippen molar-refractivity contribution in [3.63, 3.8) is 0 Å². The molecule has 0 saturated heterocycles. The minimum atomic E-state index is 0.0355. The number of hydrogen-bond acceptors (Lipinski definition) is 3. The fourth-order valence-electron chi connectivity index (χ4n) is 3.21. The van der Waals surface area contributed by atoms with E-state index in [0.717, 1.165) is 38.1 Å². The van der Waals surface area contributed by atoms with Gasteiger partial charge in [0.25, 0.3) is 0 Å². The van der Waals surface area contributed by atoms with Gasteiger partial charge in [-0.1, -0.05) is 26.7 Å². The van der Waals surface area contributed by atoms with Crippen LogP contribution in [-0.4, -0.2) is 43.0 Å². The van der Waals surface area contributed by atoms with Crippen molar-refractivity contribution < 1.29 is 4.79 Å². The van der Waals surface area contributed by atoms with Gasteiger partial charge in [0.1, 0.15) is 0 Å². The standard InChI is InChI=1S/C16H33N3O/c1-4-6-11-18-15(20)12-19(3)16(13-17)9-7-14(5-2)8-10-16/h14H,4-13,17H2,1-3H3,(H,18,20). The van der Waals surface area contributed by atoms with Crippen LogP contribution in [0.1, 0.15) is 58.8 Å². The Hall–Kier alpha value is -0.610. The third-order valence-corrected chi connectivity index (χ3v) is 5.04. The zero-order valence-corrected chi connectivity index (χ0v) is 13.6. The summed E-state index contributed by atoms with van der Waals surface area (Å²) in [6.07, 6.45) is 8.17. The lowest BCUT2D eigenvalue weighted by Crippen LogP contribution is -2.56. The lowest BCUT2D eigenvalue weighted by Gasteiger charge is -2.45. The number of amides is 1. The molecular weight excluding hydrogens is 250 g/mol. The van der Waals surface area contributed by atoms with Gasteiger partial charge in [-0.25, -0.2) is 0 Å². The molecule has 1 aliphatic carbocycles. The summed E-state index contributed by atoms with van der Waals surface area (Å²) in [5.41, 5.74) is 6.09. The summed E-state index contributed by atoms with van der Waals surface area (Å²) in [6.45, 7) is 6.31. The van der Waals surface area contributed by atoms with Crippen molar-refractivity contribution in [1.29, 1.82) is 0 Å². The number of nitrogens with two attached hydrogens (primary N) is 1. The van der Waals surface area contributed by atoms with Crippen LogP contribution in [0, 0.1) is 5.92 Å². The largest absolute Gasteiger partial charge is 0.355 e. The van der Waals surface area contributed by atoms with Crippen molar-refractivity contribution in [3.8, 4) is 0 Å². The van der Waals surface area contributed by atoms with Gasteiger partial charge < -0.3 is 11.1 Å². The van der Waals surface area contributed by atoms with Crippen LogP contribution >= 0.6 is 0 Å². The number of unbranched alkanes of at least 4 members (excludes halogenated alkanes) is 1. The van der Waals surface area contributed by atoms with Crippen molar-refractivity contribution in [2.24, 2.45) is 11.7 Å². The molecular formula is C16H33N3O. The Morgan fingerprint density at radius 1 is 1.35 bits per heavy atom. The lowest BCUT2D eigenvalue weighted by atomic mass is 9.74. The van der Waals surface area contributed by atoms with Crippen molar-refractivity contribution in [1.82, 2.24) is 10.2 Å². The van der Waals surface area contributed by atoms with E-state index in [9.17, 15) is 4.79 Å². The Kier molecular flexibility index (Phi) is 7.52. The fraction of sp³-hybridized carbons (Fsp3) is 0.938. The Morgan fingerprint density at radius 2 is 2.00 bits per heavy atom. The minimum Gasteiger partial charge on any atom is -0.355 e. The summed E-state index contributed by atoms with van der Waals surface area (Å²) in [7, 11) is 2.05. The maximum atomic E-state index is 12.0. The smallest absolute Gasteiger partial charge is 0.234 e. The summed E-state index contributed by atoms with van der Waals surface area (Å²) in [4.78, 5) is 14.2. The molecule has 0 aliphatic heterocycles. The van der Waals surface area contributed by atoms with Gasteiger partial charge in [-0.05, 0) is 45.1 Å². The molecule has 1 rings (SSSR count). The van der Waals surface area contributed by atoms with Crippen molar-refractivity contribution >= 4 is 5.91 Å². The van der Waals surface area contributed by atoms with Gasteiger partial charge in [0, 0.05) is 18.6 Å². The molecule has 0 atom stereocenters. The van der Waals surface area contributed by atoms with Gasteiger partial charge in [-0.3, -0.25) is 9.69 Å². The predicted octanol–water partition coefficient (Wildman–Crippen LogP) is 2.13. The van der Waals surface area contributed by atoms with E-state index in [1.807, 2.05) is 0 Å². The first-order valence-electron chi connectivity index (χ1n) is 8.26. The van der Waals surface area contributed by atoms with E-state index in [1.165, 1.54) is 19.3 Å². The number of carbonyl (C=O) groups excluding carboxylic acids is 1. The number of nitrogens with zero attached hydrogens (tertiary/aromatic N) is 1. The van der Waals surface area contributed by atoms with Crippen LogP contribution in [0.5, 0.6) is 0 Å². The van der Waals surface area contributed by atoms with E-state index in [4.69, 9.17) is 5.73 Å². The molecule has 3 N–H and O–H groups in total. The van der Waals surface area contributed by atoms with Crippen LogP contribution < -0.4 is 11.1 Å². The molecule has 0 aromatic heterocycles. The molecule has 1 saturated carbocycles. The highest BCUT2D eigenvalue weighted by Gasteiger charge is 2.37. The fourth-order valence-corrected chi connectivity index (χ4v) is 3.21. The molecule has 1 amide bonds. The molecule has 0 unspecified atom stereocenters. The van der Waals surface area contributed by atoms with Gasteiger partial charge in [0.05, 0.1) is 6.54 Å². The van der Waals surface area contributed by atoms with Gasteiger partial charge in [-0.2, -0.15) is 0 Å². The number of rotatable bonds is 8. The highest BCUT2D eigenvalue weighted by molar-refractivity contribution is 5.78. The normalized spacial score (nSPS) is 26.8. The molecule has 1 aliphatic rings. The number of likely N-dealkylation sites (N-methyl/N-ethyl adjacent to an activating group) is 1. The van der Waals surface area contributed by atoms with E-state index < -0.39 is 0 Å². The van der Waals surface area contributed by atoms with Crippen LogP contribution in [0.3, 0.4) is 0 Å². The Labute approximate surface area is 124 Å². The highest BCUT2D eigenvalue weighted by Crippen LogP contribution is 2.36. The third-order valence-electron chi connectivity index (χ3n) is 5.04. The molecule has 0 heterocycles. The first-order valence-corrected chi connectivity index (χ1v) is 8.26.